The fourth-order valence-corrected chi connectivity index (χ4v) is 3.19. The molecule has 4 N–H and O–H groups in total. The van der Waals surface area contributed by atoms with Crippen LogP contribution in [0.4, 0.5) is 10.5 Å². The van der Waals surface area contributed by atoms with Gasteiger partial charge in [0.15, 0.2) is 0 Å². The van der Waals surface area contributed by atoms with Crippen molar-refractivity contribution in [2.24, 2.45) is 5.73 Å². The number of hydrogen-bond acceptors (Lipinski definition) is 5. The van der Waals surface area contributed by atoms with Gasteiger partial charge in [0.2, 0.25) is 0 Å². The largest absolute Gasteiger partial charge is 0.493 e. The van der Waals surface area contributed by atoms with Crippen LogP contribution >= 0.6 is 11.6 Å². The van der Waals surface area contributed by atoms with E-state index in [0.717, 1.165) is 37.7 Å². The van der Waals surface area contributed by atoms with E-state index in [0.29, 0.717) is 34.7 Å². The lowest BCUT2D eigenvalue weighted by atomic mass is 10.1. The maximum atomic E-state index is 11.5. The van der Waals surface area contributed by atoms with Gasteiger partial charge in [-0.15, -0.1) is 0 Å². The third kappa shape index (κ3) is 4.28. The molecule has 2 aromatic rings. The number of benzene rings is 1. The minimum absolute atomic E-state index is 0.174. The average molecular weight is 379 g/mol. The van der Waals surface area contributed by atoms with Crippen molar-refractivity contribution < 1.29 is 14.3 Å². The number of nitrogens with two attached hydrogens (primary N) is 1. The summed E-state index contributed by atoms with van der Waals surface area (Å²) in [7, 11) is 1.32. The maximum Gasteiger partial charge on any atom is 0.411 e. The van der Waals surface area contributed by atoms with Crippen LogP contribution in [0.3, 0.4) is 0 Å². The van der Waals surface area contributed by atoms with Gasteiger partial charge in [-0.1, -0.05) is 30.9 Å². The molecule has 0 spiro atoms. The lowest BCUT2D eigenvalue weighted by Gasteiger charge is -2.13. The number of imidazole rings is 1. The Labute approximate surface area is 157 Å². The van der Waals surface area contributed by atoms with Crippen molar-refractivity contribution in [2.45, 2.75) is 38.1 Å². The second kappa shape index (κ2) is 8.42. The molecule has 0 saturated heterocycles. The number of rotatable bonds is 1. The molecule has 1 aromatic heterocycles. The van der Waals surface area contributed by atoms with E-state index in [4.69, 9.17) is 22.1 Å². The number of ether oxygens (including phenoxy) is 2. The van der Waals surface area contributed by atoms with Crippen molar-refractivity contribution in [3.63, 3.8) is 0 Å². The minimum Gasteiger partial charge on any atom is -0.493 e. The molecule has 3 rings (SSSR count). The third-order valence-electron chi connectivity index (χ3n) is 4.36. The lowest BCUT2D eigenvalue weighted by molar-refractivity contribution is 0.187. The normalized spacial score (nSPS) is 17.7. The Morgan fingerprint density at radius 2 is 2.19 bits per heavy atom. The highest BCUT2D eigenvalue weighted by Crippen LogP contribution is 2.36. The highest BCUT2D eigenvalue weighted by atomic mass is 35.5. The van der Waals surface area contributed by atoms with Gasteiger partial charge in [0.25, 0.3) is 0 Å². The number of aromatic nitrogens is 2. The molecule has 0 radical (unpaired) electrons. The summed E-state index contributed by atoms with van der Waals surface area (Å²) in [6, 6.07) is 5.14. The van der Waals surface area contributed by atoms with E-state index in [1.54, 1.807) is 12.1 Å². The van der Waals surface area contributed by atoms with Gasteiger partial charge in [-0.05, 0) is 25.0 Å². The molecule has 0 unspecified atom stereocenters. The van der Waals surface area contributed by atoms with Gasteiger partial charge in [0.05, 0.1) is 19.8 Å². The molecular formula is C18H23ClN4O3. The summed E-state index contributed by atoms with van der Waals surface area (Å²) in [6.07, 6.45) is 4.47. The molecule has 7 nitrogen and oxygen atoms in total. The number of nitrogens with one attached hydrogen (secondary N) is 2. The summed E-state index contributed by atoms with van der Waals surface area (Å²) in [5, 5.41) is 3.06. The Hall–Kier alpha value is -2.25. The van der Waals surface area contributed by atoms with E-state index < -0.39 is 6.09 Å². The van der Waals surface area contributed by atoms with Gasteiger partial charge >= 0.3 is 6.09 Å². The second-order valence-electron chi connectivity index (χ2n) is 6.27. The summed E-state index contributed by atoms with van der Waals surface area (Å²) < 4.78 is 10.6. The number of carbonyl (C=O) groups excluding carboxylic acids is 1. The molecule has 140 valence electrons. The van der Waals surface area contributed by atoms with E-state index in [1.807, 2.05) is 6.07 Å². The third-order valence-corrected chi connectivity index (χ3v) is 4.64. The fraction of sp³-hybridized carbons (Fsp3) is 0.444. The van der Waals surface area contributed by atoms with Crippen LogP contribution in [0.5, 0.6) is 5.75 Å². The van der Waals surface area contributed by atoms with Crippen LogP contribution in [0.15, 0.2) is 18.2 Å². The maximum absolute atomic E-state index is 11.5. The molecule has 0 fully saturated rings. The van der Waals surface area contributed by atoms with Crippen LogP contribution in [0.2, 0.25) is 5.15 Å². The van der Waals surface area contributed by atoms with Crippen LogP contribution in [0.1, 0.15) is 44.0 Å². The van der Waals surface area contributed by atoms with E-state index in [-0.39, 0.29) is 6.04 Å². The first-order chi connectivity index (χ1) is 12.6. The zero-order valence-electron chi connectivity index (χ0n) is 14.7. The van der Waals surface area contributed by atoms with Crippen molar-refractivity contribution in [2.75, 3.05) is 19.0 Å². The van der Waals surface area contributed by atoms with Gasteiger partial charge < -0.3 is 20.2 Å². The molecule has 1 atom stereocenters. The fourth-order valence-electron chi connectivity index (χ4n) is 2.95. The molecule has 0 saturated carbocycles. The van der Waals surface area contributed by atoms with Crippen molar-refractivity contribution in [3.05, 3.63) is 29.2 Å². The van der Waals surface area contributed by atoms with Gasteiger partial charge in [-0.3, -0.25) is 5.32 Å². The quantitative estimate of drug-likeness (QED) is 0.688. The van der Waals surface area contributed by atoms with Crippen LogP contribution in [-0.4, -0.2) is 29.8 Å². The number of nitrogens with zero attached hydrogens (tertiary/aromatic N) is 1. The first-order valence-corrected chi connectivity index (χ1v) is 9.09. The number of anilines is 1. The van der Waals surface area contributed by atoms with Crippen molar-refractivity contribution in [3.8, 4) is 17.0 Å². The Morgan fingerprint density at radius 3 is 3.00 bits per heavy atom. The predicted octanol–water partition coefficient (Wildman–Crippen LogP) is 4.25. The van der Waals surface area contributed by atoms with Crippen LogP contribution in [0.25, 0.3) is 11.3 Å². The first-order valence-electron chi connectivity index (χ1n) is 8.71. The number of halogens is 1. The summed E-state index contributed by atoms with van der Waals surface area (Å²) in [5.74, 6) is 1.28. The van der Waals surface area contributed by atoms with Crippen molar-refractivity contribution >= 4 is 23.4 Å². The molecular weight excluding hydrogens is 356 g/mol. The summed E-state index contributed by atoms with van der Waals surface area (Å²) in [4.78, 5) is 19.1. The van der Waals surface area contributed by atoms with Crippen molar-refractivity contribution in [1.82, 2.24) is 9.97 Å². The highest BCUT2D eigenvalue weighted by molar-refractivity contribution is 6.32. The standard InChI is InChI=1S/C18H23ClN4O3/c1-25-18(24)21-11-7-8-12-14(10-11)26-9-5-3-2-4-6-13(20)17-22-15(12)16(19)23-17/h7-8,10,13H,2-6,9,20H2,1H3,(H,21,24)(H,22,23)/t13-/m0/s1. The Balaban J connectivity index is 1.99. The molecule has 26 heavy (non-hydrogen) atoms. The van der Waals surface area contributed by atoms with E-state index in [9.17, 15) is 4.79 Å². The molecule has 2 bridgehead atoms. The van der Waals surface area contributed by atoms with Crippen molar-refractivity contribution in [1.29, 1.82) is 0 Å². The zero-order valence-corrected chi connectivity index (χ0v) is 15.4. The smallest absolute Gasteiger partial charge is 0.411 e. The van der Waals surface area contributed by atoms with E-state index in [1.165, 1.54) is 7.11 Å². The number of H-pyrrole nitrogens is 1. The predicted molar refractivity (Wildman–Crippen MR) is 101 cm³/mol. The molecule has 2 heterocycles. The Bertz CT molecular complexity index is 778. The minimum atomic E-state index is -0.541. The van der Waals surface area contributed by atoms with Crippen LogP contribution in [-0.2, 0) is 4.74 Å². The molecule has 1 aromatic carbocycles. The number of carbonyl (C=O) groups is 1. The number of hydrogen-bond donors (Lipinski definition) is 3. The van der Waals surface area contributed by atoms with Crippen LogP contribution in [0, 0.1) is 0 Å². The molecule has 1 aliphatic rings. The zero-order chi connectivity index (χ0) is 18.5. The Kier molecular flexibility index (Phi) is 6.00. The lowest BCUT2D eigenvalue weighted by Crippen LogP contribution is -2.12. The number of fused-ring (bicyclic) bond motifs is 4. The summed E-state index contributed by atoms with van der Waals surface area (Å²) >= 11 is 6.37. The van der Waals surface area contributed by atoms with Gasteiger partial charge in [0.1, 0.15) is 22.4 Å². The first kappa shape index (κ1) is 18.5. The second-order valence-corrected chi connectivity index (χ2v) is 6.65. The molecule has 8 heteroatoms. The van der Waals surface area contributed by atoms with E-state index >= 15 is 0 Å². The van der Waals surface area contributed by atoms with Gasteiger partial charge in [0, 0.05) is 17.3 Å². The van der Waals surface area contributed by atoms with Crippen LogP contribution < -0.4 is 15.8 Å². The summed E-state index contributed by atoms with van der Waals surface area (Å²) in [6.45, 7) is 0.579. The average Bonchev–Trinajstić information content (AvgIpc) is 3.02. The highest BCUT2D eigenvalue weighted by Gasteiger charge is 2.19. The Morgan fingerprint density at radius 1 is 1.38 bits per heavy atom. The number of aromatic amines is 1. The van der Waals surface area contributed by atoms with Gasteiger partial charge in [-0.25, -0.2) is 9.78 Å². The number of methoxy groups -OCH3 is 1. The molecule has 0 aliphatic carbocycles. The SMILES string of the molecule is COC(=O)Nc1ccc2c(c1)OCCCCCC[C@H](N)c1nc-2c(Cl)[nH]1. The van der Waals surface area contributed by atoms with E-state index in [2.05, 4.69) is 20.0 Å². The topological polar surface area (TPSA) is 102 Å². The molecule has 1 amide bonds. The summed E-state index contributed by atoms with van der Waals surface area (Å²) in [5.41, 5.74) is 8.16. The number of amides is 1. The van der Waals surface area contributed by atoms with Gasteiger partial charge in [-0.2, -0.15) is 0 Å². The monoisotopic (exact) mass is 378 g/mol. The molecule has 1 aliphatic heterocycles.